The summed E-state index contributed by atoms with van der Waals surface area (Å²) in [7, 11) is 0. The van der Waals surface area contributed by atoms with Gasteiger partial charge in [-0.05, 0) is 25.5 Å². The Morgan fingerprint density at radius 1 is 1.57 bits per heavy atom. The van der Waals surface area contributed by atoms with Crippen molar-refractivity contribution < 1.29 is 9.90 Å². The highest BCUT2D eigenvalue weighted by Crippen LogP contribution is 2.03. The second-order valence-electron chi connectivity index (χ2n) is 3.39. The highest BCUT2D eigenvalue weighted by molar-refractivity contribution is 7.99. The lowest BCUT2D eigenvalue weighted by atomic mass is 10.2. The third-order valence-corrected chi connectivity index (χ3v) is 2.89. The van der Waals surface area contributed by atoms with Gasteiger partial charge < -0.3 is 10.4 Å². The quantitative estimate of drug-likeness (QED) is 0.607. The molecule has 1 amide bonds. The molecular weight excluding hydrogens is 198 g/mol. The molecule has 0 rings (SSSR count). The minimum absolute atomic E-state index is 0.0760. The zero-order valence-electron chi connectivity index (χ0n) is 9.08. The summed E-state index contributed by atoms with van der Waals surface area (Å²) in [6.07, 6.45) is 2.98. The summed E-state index contributed by atoms with van der Waals surface area (Å²) in [6.45, 7) is 4.18. The van der Waals surface area contributed by atoms with E-state index in [0.717, 1.165) is 5.75 Å². The van der Waals surface area contributed by atoms with Gasteiger partial charge in [0.25, 0.3) is 0 Å². The van der Waals surface area contributed by atoms with Crippen molar-refractivity contribution in [3.8, 4) is 0 Å². The number of hydrogen-bond donors (Lipinski definition) is 2. The van der Waals surface area contributed by atoms with E-state index in [-0.39, 0.29) is 18.6 Å². The third kappa shape index (κ3) is 8.38. The predicted molar refractivity (Wildman–Crippen MR) is 61.5 cm³/mol. The fraction of sp³-hybridized carbons (Fsp3) is 0.900. The van der Waals surface area contributed by atoms with Crippen LogP contribution in [0.4, 0.5) is 0 Å². The number of aliphatic hydroxyl groups excluding tert-OH is 1. The van der Waals surface area contributed by atoms with E-state index in [1.807, 2.05) is 6.92 Å². The van der Waals surface area contributed by atoms with Gasteiger partial charge in [0.1, 0.15) is 0 Å². The largest absolute Gasteiger partial charge is 0.396 e. The molecule has 4 heteroatoms. The Bertz CT molecular complexity index is 153. The number of unbranched alkanes of at least 4 members (excludes halogenated alkanes) is 1. The molecule has 0 aliphatic heterocycles. The number of carbonyl (C=O) groups excluding carboxylic acids is 1. The number of carbonyl (C=O) groups is 1. The number of nitrogens with one attached hydrogen (secondary N) is 1. The lowest BCUT2D eigenvalue weighted by molar-refractivity contribution is -0.119. The Hall–Kier alpha value is -0.220. The zero-order valence-corrected chi connectivity index (χ0v) is 9.90. The maximum absolute atomic E-state index is 11.3. The summed E-state index contributed by atoms with van der Waals surface area (Å²) >= 11 is 1.67. The summed E-state index contributed by atoms with van der Waals surface area (Å²) in [4.78, 5) is 11.3. The van der Waals surface area contributed by atoms with Crippen LogP contribution in [0.15, 0.2) is 0 Å². The van der Waals surface area contributed by atoms with Crippen molar-refractivity contribution in [1.29, 1.82) is 0 Å². The van der Waals surface area contributed by atoms with E-state index in [1.165, 1.54) is 12.8 Å². The summed E-state index contributed by atoms with van der Waals surface area (Å²) in [6, 6.07) is 0.0827. The van der Waals surface area contributed by atoms with Crippen LogP contribution in [0.2, 0.25) is 0 Å². The molecule has 0 aliphatic rings. The smallest absolute Gasteiger partial charge is 0.230 e. The van der Waals surface area contributed by atoms with E-state index in [0.29, 0.717) is 12.2 Å². The average molecular weight is 219 g/mol. The second kappa shape index (κ2) is 9.34. The number of aliphatic hydroxyl groups is 1. The van der Waals surface area contributed by atoms with Gasteiger partial charge in [0, 0.05) is 12.6 Å². The molecule has 0 bridgehead atoms. The summed E-state index contributed by atoms with van der Waals surface area (Å²) < 4.78 is 0. The molecule has 14 heavy (non-hydrogen) atoms. The van der Waals surface area contributed by atoms with Gasteiger partial charge in [-0.15, -0.1) is 0 Å². The first kappa shape index (κ1) is 13.8. The monoisotopic (exact) mass is 219 g/mol. The lowest BCUT2D eigenvalue weighted by Crippen LogP contribution is -2.34. The molecule has 0 aliphatic carbocycles. The van der Waals surface area contributed by atoms with E-state index >= 15 is 0 Å². The first-order chi connectivity index (χ1) is 6.70. The van der Waals surface area contributed by atoms with E-state index < -0.39 is 0 Å². The van der Waals surface area contributed by atoms with Crippen LogP contribution in [0, 0.1) is 0 Å². The Balaban J connectivity index is 3.35. The van der Waals surface area contributed by atoms with Gasteiger partial charge >= 0.3 is 0 Å². The molecule has 0 radical (unpaired) electrons. The lowest BCUT2D eigenvalue weighted by Gasteiger charge is -2.11. The van der Waals surface area contributed by atoms with Crippen LogP contribution in [0.1, 0.15) is 33.1 Å². The second-order valence-corrected chi connectivity index (χ2v) is 4.49. The first-order valence-corrected chi connectivity index (χ1v) is 6.34. The van der Waals surface area contributed by atoms with Gasteiger partial charge in [-0.1, -0.05) is 13.3 Å². The van der Waals surface area contributed by atoms with Crippen LogP contribution in [-0.4, -0.2) is 35.2 Å². The van der Waals surface area contributed by atoms with E-state index in [2.05, 4.69) is 12.2 Å². The molecule has 0 aromatic rings. The van der Waals surface area contributed by atoms with Crippen LogP contribution in [0.25, 0.3) is 0 Å². The molecular formula is C10H21NO2S. The first-order valence-electron chi connectivity index (χ1n) is 5.18. The number of hydrogen-bond acceptors (Lipinski definition) is 3. The Morgan fingerprint density at radius 3 is 2.86 bits per heavy atom. The predicted octanol–water partition coefficient (Wildman–Crippen LogP) is 1.41. The van der Waals surface area contributed by atoms with Crippen molar-refractivity contribution in [3.05, 3.63) is 0 Å². The minimum Gasteiger partial charge on any atom is -0.396 e. The van der Waals surface area contributed by atoms with Crippen molar-refractivity contribution >= 4 is 17.7 Å². The molecule has 3 nitrogen and oxygen atoms in total. The fourth-order valence-electron chi connectivity index (χ4n) is 0.994. The Morgan fingerprint density at radius 2 is 2.29 bits per heavy atom. The molecule has 0 spiro atoms. The third-order valence-electron chi connectivity index (χ3n) is 1.84. The topological polar surface area (TPSA) is 49.3 Å². The van der Waals surface area contributed by atoms with Crippen LogP contribution < -0.4 is 5.32 Å². The minimum atomic E-state index is 0.0760. The number of rotatable bonds is 8. The Labute approximate surface area is 90.7 Å². The molecule has 2 N–H and O–H groups in total. The normalized spacial score (nSPS) is 12.5. The van der Waals surface area contributed by atoms with Crippen molar-refractivity contribution in [2.75, 3.05) is 18.1 Å². The van der Waals surface area contributed by atoms with Crippen molar-refractivity contribution in [3.63, 3.8) is 0 Å². The Kier molecular flexibility index (Phi) is 9.19. The van der Waals surface area contributed by atoms with Gasteiger partial charge in [-0.2, -0.15) is 11.8 Å². The average Bonchev–Trinajstić information content (AvgIpc) is 2.13. The van der Waals surface area contributed by atoms with Crippen molar-refractivity contribution in [2.45, 2.75) is 39.2 Å². The molecule has 84 valence electrons. The van der Waals surface area contributed by atoms with Gasteiger partial charge in [-0.3, -0.25) is 4.79 Å². The standard InChI is InChI=1S/C10H21NO2S/c1-3-4-7-14-8-10(13)11-9(2)5-6-12/h9,12H,3-8H2,1-2H3,(H,11,13). The highest BCUT2D eigenvalue weighted by Gasteiger charge is 2.05. The van der Waals surface area contributed by atoms with Crippen LogP contribution in [0.3, 0.4) is 0 Å². The SMILES string of the molecule is CCCCSCC(=O)NC(C)CCO. The molecule has 0 saturated carbocycles. The molecule has 0 aromatic heterocycles. The van der Waals surface area contributed by atoms with Crippen molar-refractivity contribution in [2.24, 2.45) is 0 Å². The maximum Gasteiger partial charge on any atom is 0.230 e. The number of thioether (sulfide) groups is 1. The highest BCUT2D eigenvalue weighted by atomic mass is 32.2. The fourth-order valence-corrected chi connectivity index (χ4v) is 1.90. The summed E-state index contributed by atoms with van der Waals surface area (Å²) in [5.74, 6) is 1.67. The maximum atomic E-state index is 11.3. The van der Waals surface area contributed by atoms with Crippen LogP contribution in [0.5, 0.6) is 0 Å². The van der Waals surface area contributed by atoms with E-state index in [9.17, 15) is 4.79 Å². The molecule has 0 heterocycles. The van der Waals surface area contributed by atoms with Crippen molar-refractivity contribution in [1.82, 2.24) is 5.32 Å². The van der Waals surface area contributed by atoms with Gasteiger partial charge in [0.15, 0.2) is 0 Å². The van der Waals surface area contributed by atoms with Gasteiger partial charge in [-0.25, -0.2) is 0 Å². The zero-order chi connectivity index (χ0) is 10.8. The molecule has 1 unspecified atom stereocenters. The van der Waals surface area contributed by atoms with Crippen LogP contribution in [-0.2, 0) is 4.79 Å². The summed E-state index contributed by atoms with van der Waals surface area (Å²) in [5.41, 5.74) is 0. The number of amides is 1. The molecule has 0 fully saturated rings. The molecule has 1 atom stereocenters. The molecule has 0 aromatic carbocycles. The molecule has 0 saturated heterocycles. The van der Waals surface area contributed by atoms with Gasteiger partial charge in [0.05, 0.1) is 5.75 Å². The van der Waals surface area contributed by atoms with E-state index in [1.54, 1.807) is 11.8 Å². The van der Waals surface area contributed by atoms with Gasteiger partial charge in [0.2, 0.25) is 5.91 Å². The van der Waals surface area contributed by atoms with Crippen LogP contribution >= 0.6 is 11.8 Å². The van der Waals surface area contributed by atoms with E-state index in [4.69, 9.17) is 5.11 Å². The summed E-state index contributed by atoms with van der Waals surface area (Å²) in [5, 5.41) is 11.5.